The molecule has 4 heteroatoms. The van der Waals surface area contributed by atoms with E-state index in [0.29, 0.717) is 0 Å². The first-order valence-electron chi connectivity index (χ1n) is 3.27. The molecule has 0 aromatic heterocycles. The topological polar surface area (TPSA) is 46.5 Å². The summed E-state index contributed by atoms with van der Waals surface area (Å²) in [4.78, 5) is 8.89. The maximum atomic E-state index is 10.8. The fraction of sp³-hybridized carbons (Fsp3) is 0.667. The number of hydrogen-bond acceptors (Lipinski definition) is 2. The molecule has 0 aromatic carbocycles. The molecular weight excluding hydrogens is 151 g/mol. The van der Waals surface area contributed by atoms with Crippen molar-refractivity contribution in [3.8, 4) is 0 Å². The SMILES string of the molecule is CCC=CP(=O)(O)OCC. The standard InChI is InChI=1S/C6H13O3P/c1-3-5-6-10(7,8)9-4-2/h5-6H,3-4H2,1-2H3,(H,7,8). The number of allylic oxidation sites excluding steroid dienone is 1. The molecule has 0 radical (unpaired) electrons. The summed E-state index contributed by atoms with van der Waals surface area (Å²) in [6.45, 7) is 3.84. The van der Waals surface area contributed by atoms with Crippen LogP contribution in [0, 0.1) is 0 Å². The fourth-order valence-corrected chi connectivity index (χ4v) is 1.40. The average Bonchev–Trinajstić information content (AvgIpc) is 1.84. The Bertz CT molecular complexity index is 153. The van der Waals surface area contributed by atoms with Crippen molar-refractivity contribution >= 4 is 7.60 Å². The van der Waals surface area contributed by atoms with E-state index in [-0.39, 0.29) is 6.61 Å². The molecule has 1 N–H and O–H groups in total. The Morgan fingerprint density at radius 2 is 2.20 bits per heavy atom. The molecule has 3 nitrogen and oxygen atoms in total. The van der Waals surface area contributed by atoms with Crippen molar-refractivity contribution in [2.75, 3.05) is 6.61 Å². The van der Waals surface area contributed by atoms with Gasteiger partial charge in [-0.05, 0) is 13.3 Å². The van der Waals surface area contributed by atoms with Gasteiger partial charge in [0.25, 0.3) is 0 Å². The zero-order valence-electron chi connectivity index (χ0n) is 6.28. The Morgan fingerprint density at radius 1 is 1.60 bits per heavy atom. The van der Waals surface area contributed by atoms with E-state index in [1.807, 2.05) is 6.92 Å². The fourth-order valence-electron chi connectivity index (χ4n) is 0.467. The molecule has 0 fully saturated rings. The van der Waals surface area contributed by atoms with Gasteiger partial charge in [0.05, 0.1) is 6.61 Å². The lowest BCUT2D eigenvalue weighted by Crippen LogP contribution is -1.83. The van der Waals surface area contributed by atoms with Crippen LogP contribution < -0.4 is 0 Å². The average molecular weight is 164 g/mol. The summed E-state index contributed by atoms with van der Waals surface area (Å²) >= 11 is 0. The Labute approximate surface area is 61.2 Å². The summed E-state index contributed by atoms with van der Waals surface area (Å²) in [5.74, 6) is 1.22. The maximum Gasteiger partial charge on any atom is 0.351 e. The van der Waals surface area contributed by atoms with Crippen LogP contribution in [0.2, 0.25) is 0 Å². The summed E-state index contributed by atoms with van der Waals surface area (Å²) in [5, 5.41) is 0. The minimum atomic E-state index is -3.39. The molecule has 60 valence electrons. The molecule has 0 spiro atoms. The molecule has 0 bridgehead atoms. The lowest BCUT2D eigenvalue weighted by molar-refractivity contribution is 0.283. The highest BCUT2D eigenvalue weighted by Crippen LogP contribution is 2.43. The van der Waals surface area contributed by atoms with Gasteiger partial charge in [0, 0.05) is 5.82 Å². The molecule has 0 rings (SSSR count). The zero-order valence-corrected chi connectivity index (χ0v) is 7.17. The molecule has 0 amide bonds. The molecular formula is C6H13O3P. The van der Waals surface area contributed by atoms with Crippen LogP contribution in [0.4, 0.5) is 0 Å². The van der Waals surface area contributed by atoms with Crippen LogP contribution >= 0.6 is 7.60 Å². The molecule has 10 heavy (non-hydrogen) atoms. The third-order valence-electron chi connectivity index (χ3n) is 0.844. The minimum Gasteiger partial charge on any atom is -0.321 e. The van der Waals surface area contributed by atoms with Crippen LogP contribution in [0.3, 0.4) is 0 Å². The summed E-state index contributed by atoms with van der Waals surface area (Å²) in [5.41, 5.74) is 0. The molecule has 0 aliphatic rings. The van der Waals surface area contributed by atoms with Crippen molar-refractivity contribution in [2.24, 2.45) is 0 Å². The second-order valence-corrected chi connectivity index (χ2v) is 3.46. The van der Waals surface area contributed by atoms with E-state index in [0.717, 1.165) is 6.42 Å². The first-order chi connectivity index (χ1) is 4.62. The van der Waals surface area contributed by atoms with E-state index < -0.39 is 7.60 Å². The Kier molecular flexibility index (Phi) is 4.62. The summed E-state index contributed by atoms with van der Waals surface area (Å²) in [6.07, 6.45) is 2.37. The molecule has 0 aromatic rings. The van der Waals surface area contributed by atoms with Gasteiger partial charge < -0.3 is 9.42 Å². The van der Waals surface area contributed by atoms with Crippen LogP contribution in [-0.2, 0) is 9.09 Å². The lowest BCUT2D eigenvalue weighted by atomic mass is 10.5. The molecule has 1 unspecified atom stereocenters. The molecule has 0 saturated heterocycles. The van der Waals surface area contributed by atoms with Crippen molar-refractivity contribution in [3.05, 3.63) is 11.9 Å². The minimum absolute atomic E-state index is 0.266. The van der Waals surface area contributed by atoms with Gasteiger partial charge in [-0.2, -0.15) is 0 Å². The van der Waals surface area contributed by atoms with E-state index in [4.69, 9.17) is 4.89 Å². The number of hydrogen-bond donors (Lipinski definition) is 1. The van der Waals surface area contributed by atoms with Crippen molar-refractivity contribution in [2.45, 2.75) is 20.3 Å². The van der Waals surface area contributed by atoms with Gasteiger partial charge in [0.15, 0.2) is 0 Å². The van der Waals surface area contributed by atoms with Crippen LogP contribution in [-0.4, -0.2) is 11.5 Å². The van der Waals surface area contributed by atoms with E-state index in [9.17, 15) is 4.57 Å². The van der Waals surface area contributed by atoms with E-state index in [2.05, 4.69) is 4.52 Å². The monoisotopic (exact) mass is 164 g/mol. The van der Waals surface area contributed by atoms with Crippen molar-refractivity contribution in [3.63, 3.8) is 0 Å². The highest BCUT2D eigenvalue weighted by Gasteiger charge is 2.11. The Hall–Kier alpha value is -0.110. The predicted octanol–water partition coefficient (Wildman–Crippen LogP) is 2.13. The normalized spacial score (nSPS) is 17.5. The second kappa shape index (κ2) is 4.67. The van der Waals surface area contributed by atoms with E-state index in [1.165, 1.54) is 5.82 Å². The van der Waals surface area contributed by atoms with Crippen LogP contribution in [0.25, 0.3) is 0 Å². The van der Waals surface area contributed by atoms with Gasteiger partial charge in [0.2, 0.25) is 0 Å². The maximum absolute atomic E-state index is 10.8. The van der Waals surface area contributed by atoms with Gasteiger partial charge in [-0.3, -0.25) is 4.57 Å². The predicted molar refractivity (Wildman–Crippen MR) is 40.9 cm³/mol. The highest BCUT2D eigenvalue weighted by atomic mass is 31.2. The van der Waals surface area contributed by atoms with Crippen LogP contribution in [0.1, 0.15) is 20.3 Å². The van der Waals surface area contributed by atoms with Crippen LogP contribution in [0.15, 0.2) is 11.9 Å². The van der Waals surface area contributed by atoms with Gasteiger partial charge in [0.1, 0.15) is 0 Å². The molecule has 1 atom stereocenters. The second-order valence-electron chi connectivity index (χ2n) is 1.77. The molecule has 0 aliphatic carbocycles. The van der Waals surface area contributed by atoms with Crippen molar-refractivity contribution in [1.29, 1.82) is 0 Å². The molecule has 0 heterocycles. The first kappa shape index (κ1) is 9.89. The van der Waals surface area contributed by atoms with Crippen molar-refractivity contribution in [1.82, 2.24) is 0 Å². The van der Waals surface area contributed by atoms with Crippen LogP contribution in [0.5, 0.6) is 0 Å². The van der Waals surface area contributed by atoms with Gasteiger partial charge in [-0.15, -0.1) is 0 Å². The Balaban J connectivity index is 3.86. The summed E-state index contributed by atoms with van der Waals surface area (Å²) < 4.78 is 15.4. The lowest BCUT2D eigenvalue weighted by Gasteiger charge is -2.03. The zero-order chi connectivity index (χ0) is 8.04. The largest absolute Gasteiger partial charge is 0.351 e. The molecule has 0 aliphatic heterocycles. The highest BCUT2D eigenvalue weighted by molar-refractivity contribution is 7.56. The Morgan fingerprint density at radius 3 is 2.60 bits per heavy atom. The third-order valence-corrected chi connectivity index (χ3v) is 2.06. The summed E-state index contributed by atoms with van der Waals surface area (Å²) in [6, 6.07) is 0. The summed E-state index contributed by atoms with van der Waals surface area (Å²) in [7, 11) is -3.39. The van der Waals surface area contributed by atoms with Gasteiger partial charge in [-0.25, -0.2) is 0 Å². The number of rotatable bonds is 4. The third kappa shape index (κ3) is 4.74. The quantitative estimate of drug-likeness (QED) is 0.647. The van der Waals surface area contributed by atoms with E-state index >= 15 is 0 Å². The van der Waals surface area contributed by atoms with E-state index in [1.54, 1.807) is 13.0 Å². The smallest absolute Gasteiger partial charge is 0.321 e. The first-order valence-corrected chi connectivity index (χ1v) is 4.91. The van der Waals surface area contributed by atoms with Gasteiger partial charge >= 0.3 is 7.60 Å². The molecule has 0 saturated carbocycles. The van der Waals surface area contributed by atoms with Crippen molar-refractivity contribution < 1.29 is 14.0 Å². The van der Waals surface area contributed by atoms with Gasteiger partial charge in [-0.1, -0.05) is 13.0 Å².